The number of para-hydroxylation sites is 1. The van der Waals surface area contributed by atoms with E-state index >= 15 is 0 Å². The lowest BCUT2D eigenvalue weighted by Gasteiger charge is -2.19. The van der Waals surface area contributed by atoms with E-state index in [4.69, 9.17) is 0 Å². The lowest BCUT2D eigenvalue weighted by molar-refractivity contribution is -0.136. The maximum Gasteiger partial charge on any atom is 0.244 e. The molecule has 17 heavy (non-hydrogen) atoms. The molecule has 2 amide bonds. The van der Waals surface area contributed by atoms with Gasteiger partial charge in [0.1, 0.15) is 6.54 Å². The molecule has 0 bridgehead atoms. The molecule has 1 N–H and O–H groups in total. The maximum absolute atomic E-state index is 12.0. The molecule has 0 spiro atoms. The first-order valence-corrected chi connectivity index (χ1v) is 5.90. The number of hydrogen-bond donors (Lipinski definition) is 1. The third-order valence-electron chi connectivity index (χ3n) is 3.23. The van der Waals surface area contributed by atoms with E-state index in [0.717, 1.165) is 24.1 Å². The summed E-state index contributed by atoms with van der Waals surface area (Å²) in [5.41, 5.74) is 1.83. The number of amides is 2. The quantitative estimate of drug-likeness (QED) is 0.792. The van der Waals surface area contributed by atoms with Crippen molar-refractivity contribution >= 4 is 17.5 Å². The molecule has 0 radical (unpaired) electrons. The van der Waals surface area contributed by atoms with E-state index in [9.17, 15) is 9.59 Å². The number of anilines is 1. The van der Waals surface area contributed by atoms with E-state index in [1.54, 1.807) is 4.90 Å². The van der Waals surface area contributed by atoms with Crippen LogP contribution in [0.4, 0.5) is 5.69 Å². The highest BCUT2D eigenvalue weighted by atomic mass is 16.2. The topological polar surface area (TPSA) is 49.4 Å². The van der Waals surface area contributed by atoms with E-state index in [2.05, 4.69) is 5.32 Å². The molecule has 4 nitrogen and oxygen atoms in total. The molecule has 0 unspecified atom stereocenters. The first kappa shape index (κ1) is 10.3. The van der Waals surface area contributed by atoms with Gasteiger partial charge in [0.15, 0.2) is 0 Å². The Morgan fingerprint density at radius 2 is 2.00 bits per heavy atom. The van der Waals surface area contributed by atoms with Gasteiger partial charge in [0.2, 0.25) is 11.8 Å². The predicted molar refractivity (Wildman–Crippen MR) is 63.2 cm³/mol. The number of nitrogens with zero attached hydrogens (tertiary/aromatic N) is 1. The van der Waals surface area contributed by atoms with Crippen LogP contribution >= 0.6 is 0 Å². The minimum atomic E-state index is -0.107. The summed E-state index contributed by atoms with van der Waals surface area (Å²) in [4.78, 5) is 25.4. The summed E-state index contributed by atoms with van der Waals surface area (Å²) in [5, 5.41) is 2.83. The molecular formula is C13H14N2O2. The molecule has 0 atom stereocenters. The van der Waals surface area contributed by atoms with Crippen molar-refractivity contribution < 1.29 is 9.59 Å². The second kappa shape index (κ2) is 3.87. The Kier molecular flexibility index (Phi) is 2.35. The number of carbonyl (C=O) groups excluding carboxylic acids is 2. The number of carbonyl (C=O) groups is 2. The first-order valence-electron chi connectivity index (χ1n) is 5.90. The largest absolute Gasteiger partial charge is 0.329 e. The minimum Gasteiger partial charge on any atom is -0.329 e. The normalized spacial score (nSPS) is 19.3. The van der Waals surface area contributed by atoms with E-state index in [1.807, 2.05) is 24.3 Å². The van der Waals surface area contributed by atoms with Crippen LogP contribution in [0, 0.1) is 5.92 Å². The van der Waals surface area contributed by atoms with Gasteiger partial charge in [-0.25, -0.2) is 0 Å². The summed E-state index contributed by atoms with van der Waals surface area (Å²) in [6.45, 7) is 0.703. The molecule has 1 aliphatic heterocycles. The lowest BCUT2D eigenvalue weighted by atomic mass is 10.1. The van der Waals surface area contributed by atoms with Crippen LogP contribution in [0.2, 0.25) is 0 Å². The molecule has 1 aliphatic carbocycles. The molecule has 1 aromatic carbocycles. The average Bonchev–Trinajstić information content (AvgIpc) is 3.13. The van der Waals surface area contributed by atoms with Gasteiger partial charge in [-0.3, -0.25) is 9.59 Å². The van der Waals surface area contributed by atoms with Crippen molar-refractivity contribution in [3.8, 4) is 0 Å². The van der Waals surface area contributed by atoms with Gasteiger partial charge in [0.25, 0.3) is 0 Å². The fraction of sp³-hybridized carbons (Fsp3) is 0.385. The fourth-order valence-electron chi connectivity index (χ4n) is 2.15. The van der Waals surface area contributed by atoms with Crippen molar-refractivity contribution in [3.05, 3.63) is 29.8 Å². The summed E-state index contributed by atoms with van der Waals surface area (Å²) in [7, 11) is 0. The van der Waals surface area contributed by atoms with Gasteiger partial charge < -0.3 is 10.2 Å². The number of fused-ring (bicyclic) bond motifs is 1. The Labute approximate surface area is 99.6 Å². The average molecular weight is 230 g/mol. The molecule has 1 saturated carbocycles. The highest BCUT2D eigenvalue weighted by Gasteiger charge is 2.35. The SMILES string of the molecule is O=C1CN(C(=O)C2CC2)Cc2ccccc2N1. The van der Waals surface area contributed by atoms with Crippen molar-refractivity contribution in [2.24, 2.45) is 5.92 Å². The molecule has 1 heterocycles. The van der Waals surface area contributed by atoms with Crippen LogP contribution in [0.25, 0.3) is 0 Å². The van der Waals surface area contributed by atoms with Crippen molar-refractivity contribution in [2.75, 3.05) is 11.9 Å². The summed E-state index contributed by atoms with van der Waals surface area (Å²) in [6, 6.07) is 7.64. The van der Waals surface area contributed by atoms with Crippen molar-refractivity contribution in [2.45, 2.75) is 19.4 Å². The molecule has 2 aliphatic rings. The number of rotatable bonds is 1. The Bertz CT molecular complexity index is 480. The van der Waals surface area contributed by atoms with E-state index in [0.29, 0.717) is 6.54 Å². The molecule has 4 heteroatoms. The second-order valence-corrected chi connectivity index (χ2v) is 4.67. The lowest BCUT2D eigenvalue weighted by Crippen LogP contribution is -2.36. The van der Waals surface area contributed by atoms with Crippen molar-refractivity contribution in [1.29, 1.82) is 0 Å². The molecule has 1 aromatic rings. The number of hydrogen-bond acceptors (Lipinski definition) is 2. The van der Waals surface area contributed by atoms with Crippen LogP contribution in [-0.2, 0) is 16.1 Å². The van der Waals surface area contributed by atoms with Gasteiger partial charge in [0, 0.05) is 18.2 Å². The number of benzene rings is 1. The van der Waals surface area contributed by atoms with Crippen molar-refractivity contribution in [3.63, 3.8) is 0 Å². The van der Waals surface area contributed by atoms with Crippen molar-refractivity contribution in [1.82, 2.24) is 4.90 Å². The van der Waals surface area contributed by atoms with E-state index in [1.165, 1.54) is 0 Å². The van der Waals surface area contributed by atoms with Crippen LogP contribution in [0.15, 0.2) is 24.3 Å². The molecule has 0 aromatic heterocycles. The summed E-state index contributed by atoms with van der Waals surface area (Å²) in [6.07, 6.45) is 1.94. The minimum absolute atomic E-state index is 0.107. The molecule has 0 saturated heterocycles. The summed E-state index contributed by atoms with van der Waals surface area (Å²) < 4.78 is 0. The van der Waals surface area contributed by atoms with E-state index in [-0.39, 0.29) is 24.3 Å². The summed E-state index contributed by atoms with van der Waals surface area (Å²) >= 11 is 0. The Balaban J connectivity index is 1.88. The van der Waals surface area contributed by atoms with Gasteiger partial charge >= 0.3 is 0 Å². The number of nitrogens with one attached hydrogen (secondary N) is 1. The fourth-order valence-corrected chi connectivity index (χ4v) is 2.15. The standard InChI is InChI=1S/C13H14N2O2/c16-12-8-15(13(17)9-5-6-9)7-10-3-1-2-4-11(10)14-12/h1-4,9H,5-8H2,(H,14,16). The van der Waals surface area contributed by atoms with Gasteiger partial charge in [-0.1, -0.05) is 18.2 Å². The molecule has 1 fully saturated rings. The maximum atomic E-state index is 12.0. The third kappa shape index (κ3) is 2.02. The Morgan fingerprint density at radius 1 is 1.24 bits per heavy atom. The molecule has 3 rings (SSSR count). The van der Waals surface area contributed by atoms with Crippen LogP contribution in [0.1, 0.15) is 18.4 Å². The summed E-state index contributed by atoms with van der Waals surface area (Å²) in [5.74, 6) is 0.175. The zero-order chi connectivity index (χ0) is 11.8. The molecule has 88 valence electrons. The van der Waals surface area contributed by atoms with Gasteiger partial charge in [-0.15, -0.1) is 0 Å². The third-order valence-corrected chi connectivity index (χ3v) is 3.23. The Hall–Kier alpha value is -1.84. The van der Waals surface area contributed by atoms with Crippen LogP contribution in [-0.4, -0.2) is 23.3 Å². The molecular weight excluding hydrogens is 216 g/mol. The van der Waals surface area contributed by atoms with Gasteiger partial charge in [-0.2, -0.15) is 0 Å². The van der Waals surface area contributed by atoms with Crippen LogP contribution < -0.4 is 5.32 Å². The zero-order valence-corrected chi connectivity index (χ0v) is 9.48. The van der Waals surface area contributed by atoms with E-state index < -0.39 is 0 Å². The highest BCUT2D eigenvalue weighted by molar-refractivity contribution is 5.96. The monoisotopic (exact) mass is 230 g/mol. The van der Waals surface area contributed by atoms with Crippen LogP contribution in [0.3, 0.4) is 0 Å². The highest BCUT2D eigenvalue weighted by Crippen LogP contribution is 2.32. The smallest absolute Gasteiger partial charge is 0.244 e. The zero-order valence-electron chi connectivity index (χ0n) is 9.48. The Morgan fingerprint density at radius 3 is 2.76 bits per heavy atom. The predicted octanol–water partition coefficient (Wildman–Crippen LogP) is 1.38. The second-order valence-electron chi connectivity index (χ2n) is 4.67. The van der Waals surface area contributed by atoms with Gasteiger partial charge in [0.05, 0.1) is 0 Å². The van der Waals surface area contributed by atoms with Crippen LogP contribution in [0.5, 0.6) is 0 Å². The van der Waals surface area contributed by atoms with Gasteiger partial charge in [-0.05, 0) is 24.5 Å². The first-order chi connectivity index (χ1) is 8.24.